The van der Waals surface area contributed by atoms with Crippen LogP contribution in [0.3, 0.4) is 0 Å². The Bertz CT molecular complexity index is 338. The number of rotatable bonds is 13. The molecule has 0 N–H and O–H groups in total. The molecule has 0 aliphatic rings. The number of carbonyl (C=O) groups excluding carboxylic acids is 3. The fourth-order valence-corrected chi connectivity index (χ4v) is 1.86. The highest BCUT2D eigenvalue weighted by Gasteiger charge is 2.15. The van der Waals surface area contributed by atoms with Gasteiger partial charge in [0.1, 0.15) is 0 Å². The number of ether oxygens (including phenoxy) is 2. The van der Waals surface area contributed by atoms with Gasteiger partial charge in [-0.1, -0.05) is 45.4 Å². The molecule has 0 saturated carbocycles. The Morgan fingerprint density at radius 2 is 1.41 bits per heavy atom. The average Bonchev–Trinajstić information content (AvgIpc) is 2.47. The van der Waals surface area contributed by atoms with Crippen LogP contribution in [0.25, 0.3) is 0 Å². The largest absolute Gasteiger partial charge is 0.466 e. The molecule has 128 valence electrons. The molecule has 5 nitrogen and oxygen atoms in total. The Labute approximate surface area is 133 Å². The van der Waals surface area contributed by atoms with Gasteiger partial charge < -0.3 is 9.47 Å². The maximum atomic E-state index is 11.4. The first kappa shape index (κ1) is 20.6. The smallest absolute Gasteiger partial charge is 0.307 e. The monoisotopic (exact) mass is 314 g/mol. The fraction of sp³-hybridized carbons (Fsp3) is 0.824. The predicted octanol–water partition coefficient (Wildman–Crippen LogP) is 3.58. The molecule has 1 atom stereocenters. The Hall–Kier alpha value is -1.39. The third kappa shape index (κ3) is 12.4. The number of hydrogen-bond donors (Lipinski definition) is 0. The molecule has 0 saturated heterocycles. The molecule has 1 unspecified atom stereocenters. The molecule has 0 amide bonds. The Balaban J connectivity index is 3.50. The summed E-state index contributed by atoms with van der Waals surface area (Å²) in [5, 5.41) is 0. The Kier molecular flexibility index (Phi) is 12.4. The quantitative estimate of drug-likeness (QED) is 0.384. The van der Waals surface area contributed by atoms with Crippen LogP contribution in [0.1, 0.15) is 78.6 Å². The van der Waals surface area contributed by atoms with Crippen LogP contribution < -0.4 is 0 Å². The molecule has 0 radical (unpaired) electrons. The van der Waals surface area contributed by atoms with Gasteiger partial charge in [-0.25, -0.2) is 0 Å². The standard InChI is InChI=1S/C17H30O5/c1-4-5-6-7-8-9-10-13-21-16(19)11-12-17(20)22-15(3)14(2)18/h15H,4-13H2,1-3H3. The summed E-state index contributed by atoms with van der Waals surface area (Å²) in [4.78, 5) is 33.8. The van der Waals surface area contributed by atoms with Crippen LogP contribution in [0.5, 0.6) is 0 Å². The lowest BCUT2D eigenvalue weighted by Crippen LogP contribution is -2.22. The number of unbranched alkanes of at least 4 members (excludes halogenated alkanes) is 6. The van der Waals surface area contributed by atoms with Crippen molar-refractivity contribution in [2.45, 2.75) is 84.7 Å². The summed E-state index contributed by atoms with van der Waals surface area (Å²) in [5.41, 5.74) is 0. The van der Waals surface area contributed by atoms with E-state index in [0.29, 0.717) is 6.61 Å². The molecule has 0 heterocycles. The summed E-state index contributed by atoms with van der Waals surface area (Å²) in [6.07, 6.45) is 7.34. The summed E-state index contributed by atoms with van der Waals surface area (Å²) in [7, 11) is 0. The minimum atomic E-state index is -0.753. The van der Waals surface area contributed by atoms with Crippen molar-refractivity contribution in [1.29, 1.82) is 0 Å². The summed E-state index contributed by atoms with van der Waals surface area (Å²) in [6.45, 7) is 5.47. The van der Waals surface area contributed by atoms with Gasteiger partial charge in [-0.3, -0.25) is 14.4 Å². The number of Topliss-reactive ketones (excluding diaryl/α,β-unsaturated/α-hetero) is 1. The van der Waals surface area contributed by atoms with Crippen LogP contribution in [0.4, 0.5) is 0 Å². The first-order chi connectivity index (χ1) is 10.5. The molecule has 0 aromatic carbocycles. The van der Waals surface area contributed by atoms with E-state index in [0.717, 1.165) is 12.8 Å². The summed E-state index contributed by atoms with van der Waals surface area (Å²) in [5.74, 6) is -1.15. The van der Waals surface area contributed by atoms with E-state index in [4.69, 9.17) is 9.47 Å². The Morgan fingerprint density at radius 1 is 0.864 bits per heavy atom. The SMILES string of the molecule is CCCCCCCCCOC(=O)CCC(=O)OC(C)C(C)=O. The van der Waals surface area contributed by atoms with E-state index >= 15 is 0 Å². The third-order valence-electron chi connectivity index (χ3n) is 3.42. The number of ketones is 1. The zero-order valence-electron chi connectivity index (χ0n) is 14.2. The van der Waals surface area contributed by atoms with Gasteiger partial charge in [0.15, 0.2) is 11.9 Å². The highest BCUT2D eigenvalue weighted by Crippen LogP contribution is 2.07. The van der Waals surface area contributed by atoms with Crippen molar-refractivity contribution < 1.29 is 23.9 Å². The summed E-state index contributed by atoms with van der Waals surface area (Å²) in [6, 6.07) is 0. The molecular formula is C17H30O5. The van der Waals surface area contributed by atoms with Gasteiger partial charge in [-0.15, -0.1) is 0 Å². The van der Waals surface area contributed by atoms with Gasteiger partial charge in [0.2, 0.25) is 0 Å². The molecule has 0 aromatic heterocycles. The van der Waals surface area contributed by atoms with Crippen LogP contribution in [0, 0.1) is 0 Å². The molecule has 22 heavy (non-hydrogen) atoms. The molecule has 5 heteroatoms. The van der Waals surface area contributed by atoms with Crippen molar-refractivity contribution in [3.63, 3.8) is 0 Å². The molecule has 0 spiro atoms. The zero-order chi connectivity index (χ0) is 16.8. The number of carbonyl (C=O) groups is 3. The van der Waals surface area contributed by atoms with Crippen molar-refractivity contribution in [3.05, 3.63) is 0 Å². The van der Waals surface area contributed by atoms with E-state index in [9.17, 15) is 14.4 Å². The van der Waals surface area contributed by atoms with Crippen molar-refractivity contribution in [3.8, 4) is 0 Å². The molecule has 0 aliphatic heterocycles. The van der Waals surface area contributed by atoms with Gasteiger partial charge in [0.05, 0.1) is 19.4 Å². The highest BCUT2D eigenvalue weighted by atomic mass is 16.5. The van der Waals surface area contributed by atoms with Crippen LogP contribution in [-0.4, -0.2) is 30.4 Å². The van der Waals surface area contributed by atoms with Gasteiger partial charge in [0.25, 0.3) is 0 Å². The normalized spacial score (nSPS) is 11.8. The lowest BCUT2D eigenvalue weighted by Gasteiger charge is -2.09. The maximum Gasteiger partial charge on any atom is 0.307 e. The molecule has 0 bridgehead atoms. The second-order valence-electron chi connectivity index (χ2n) is 5.58. The maximum absolute atomic E-state index is 11.4. The van der Waals surface area contributed by atoms with E-state index in [1.165, 1.54) is 46.0 Å². The van der Waals surface area contributed by atoms with Crippen molar-refractivity contribution in [1.82, 2.24) is 0 Å². The first-order valence-electron chi connectivity index (χ1n) is 8.33. The van der Waals surface area contributed by atoms with Crippen molar-refractivity contribution in [2.24, 2.45) is 0 Å². The van der Waals surface area contributed by atoms with Crippen LogP contribution in [0.2, 0.25) is 0 Å². The van der Waals surface area contributed by atoms with E-state index in [1.807, 2.05) is 0 Å². The lowest BCUT2D eigenvalue weighted by atomic mass is 10.1. The topological polar surface area (TPSA) is 69.7 Å². The second kappa shape index (κ2) is 13.3. The first-order valence-corrected chi connectivity index (χ1v) is 8.33. The van der Waals surface area contributed by atoms with E-state index in [1.54, 1.807) is 0 Å². The van der Waals surface area contributed by atoms with E-state index in [-0.39, 0.29) is 18.6 Å². The van der Waals surface area contributed by atoms with Gasteiger partial charge >= 0.3 is 11.9 Å². The fourth-order valence-electron chi connectivity index (χ4n) is 1.86. The summed E-state index contributed by atoms with van der Waals surface area (Å²) >= 11 is 0. The van der Waals surface area contributed by atoms with E-state index < -0.39 is 18.0 Å². The van der Waals surface area contributed by atoms with E-state index in [2.05, 4.69) is 6.92 Å². The van der Waals surface area contributed by atoms with Crippen LogP contribution >= 0.6 is 0 Å². The minimum absolute atomic E-state index is 0.0000416. The average molecular weight is 314 g/mol. The zero-order valence-corrected chi connectivity index (χ0v) is 14.2. The van der Waals surface area contributed by atoms with Crippen LogP contribution in [0.15, 0.2) is 0 Å². The third-order valence-corrected chi connectivity index (χ3v) is 3.42. The van der Waals surface area contributed by atoms with Gasteiger partial charge in [-0.05, 0) is 20.3 Å². The molecule has 0 rings (SSSR count). The number of esters is 2. The highest BCUT2D eigenvalue weighted by molar-refractivity contribution is 5.84. The lowest BCUT2D eigenvalue weighted by molar-refractivity contribution is -0.156. The molecule has 0 aliphatic carbocycles. The molecular weight excluding hydrogens is 284 g/mol. The Morgan fingerprint density at radius 3 is 2.00 bits per heavy atom. The molecule has 0 fully saturated rings. The minimum Gasteiger partial charge on any atom is -0.466 e. The second-order valence-corrected chi connectivity index (χ2v) is 5.58. The van der Waals surface area contributed by atoms with Gasteiger partial charge in [-0.2, -0.15) is 0 Å². The van der Waals surface area contributed by atoms with Crippen LogP contribution in [-0.2, 0) is 23.9 Å². The number of hydrogen-bond acceptors (Lipinski definition) is 5. The van der Waals surface area contributed by atoms with Gasteiger partial charge in [0, 0.05) is 0 Å². The summed E-state index contributed by atoms with van der Waals surface area (Å²) < 4.78 is 9.91. The van der Waals surface area contributed by atoms with Crippen molar-refractivity contribution in [2.75, 3.05) is 6.61 Å². The van der Waals surface area contributed by atoms with Crippen molar-refractivity contribution >= 4 is 17.7 Å². The molecule has 0 aromatic rings. The predicted molar refractivity (Wildman–Crippen MR) is 84.4 cm³/mol.